The van der Waals surface area contributed by atoms with Crippen LogP contribution in [0.4, 0.5) is 11.6 Å². The van der Waals surface area contributed by atoms with Crippen molar-refractivity contribution in [2.24, 2.45) is 0 Å². The van der Waals surface area contributed by atoms with Crippen molar-refractivity contribution in [2.45, 2.75) is 26.4 Å². The van der Waals surface area contributed by atoms with Crippen molar-refractivity contribution in [2.75, 3.05) is 5.32 Å². The highest BCUT2D eigenvalue weighted by molar-refractivity contribution is 5.81. The van der Waals surface area contributed by atoms with Gasteiger partial charge in [-0.05, 0) is 53.4 Å². The minimum Gasteiger partial charge on any atom is -0.392 e. The predicted octanol–water partition coefficient (Wildman–Crippen LogP) is 4.75. The Morgan fingerprint density at radius 3 is 2.38 bits per heavy atom. The van der Waals surface area contributed by atoms with E-state index >= 15 is 0 Å². The van der Waals surface area contributed by atoms with E-state index in [0.717, 1.165) is 22.5 Å². The van der Waals surface area contributed by atoms with Gasteiger partial charge in [0.15, 0.2) is 0 Å². The summed E-state index contributed by atoms with van der Waals surface area (Å²) in [6.07, 6.45) is 0. The van der Waals surface area contributed by atoms with E-state index in [1.165, 1.54) is 0 Å². The maximum absolute atomic E-state index is 13.5. The maximum atomic E-state index is 13.5. The Labute approximate surface area is 169 Å². The number of para-hydroxylation sites is 1. The predicted molar refractivity (Wildman–Crippen MR) is 117 cm³/mol. The average Bonchev–Trinajstić information content (AvgIpc) is 2.75. The summed E-state index contributed by atoms with van der Waals surface area (Å²) in [6, 6.07) is 22.8. The van der Waals surface area contributed by atoms with Crippen LogP contribution in [0.5, 0.6) is 0 Å². The highest BCUT2D eigenvalue weighted by Gasteiger charge is 2.14. The first-order valence-corrected chi connectivity index (χ1v) is 9.66. The first-order chi connectivity index (χ1) is 14.1. The van der Waals surface area contributed by atoms with Crippen molar-refractivity contribution in [3.63, 3.8) is 0 Å². The zero-order valence-corrected chi connectivity index (χ0v) is 16.5. The number of hydrogen-bond acceptors (Lipinski definition) is 4. The molecule has 0 spiro atoms. The maximum Gasteiger partial charge on any atom is 0.267 e. The lowest BCUT2D eigenvalue weighted by atomic mass is 10.0. The van der Waals surface area contributed by atoms with Crippen molar-refractivity contribution in [1.29, 1.82) is 0 Å². The summed E-state index contributed by atoms with van der Waals surface area (Å²) >= 11 is 0. The third kappa shape index (κ3) is 3.77. The second kappa shape index (κ2) is 7.89. The molecule has 1 aromatic heterocycles. The number of aliphatic hydroxyl groups excluding tert-OH is 1. The third-order valence-electron chi connectivity index (χ3n) is 4.97. The monoisotopic (exact) mass is 385 g/mol. The van der Waals surface area contributed by atoms with E-state index in [0.29, 0.717) is 22.8 Å². The number of anilines is 2. The van der Waals surface area contributed by atoms with Crippen LogP contribution in [0.2, 0.25) is 0 Å². The highest BCUT2D eigenvalue weighted by atomic mass is 16.3. The van der Waals surface area contributed by atoms with Gasteiger partial charge in [-0.15, -0.1) is 0 Å². The molecule has 3 aromatic carbocycles. The van der Waals surface area contributed by atoms with Gasteiger partial charge in [-0.1, -0.05) is 50.2 Å². The molecule has 0 aliphatic carbocycles. The molecule has 5 nitrogen and oxygen atoms in total. The second-order valence-corrected chi connectivity index (χ2v) is 7.32. The van der Waals surface area contributed by atoms with Gasteiger partial charge in [0.1, 0.15) is 0 Å². The van der Waals surface area contributed by atoms with Crippen LogP contribution < -0.4 is 10.9 Å². The summed E-state index contributed by atoms with van der Waals surface area (Å²) in [5, 5.41) is 13.1. The molecule has 0 fully saturated rings. The van der Waals surface area contributed by atoms with E-state index in [2.05, 4.69) is 19.2 Å². The van der Waals surface area contributed by atoms with Crippen molar-refractivity contribution >= 4 is 22.5 Å². The lowest BCUT2D eigenvalue weighted by Crippen LogP contribution is -2.23. The van der Waals surface area contributed by atoms with Crippen LogP contribution in [0.3, 0.4) is 0 Å². The van der Waals surface area contributed by atoms with E-state index in [9.17, 15) is 9.90 Å². The molecule has 4 rings (SSSR count). The van der Waals surface area contributed by atoms with Gasteiger partial charge in [0.2, 0.25) is 5.95 Å². The molecule has 0 amide bonds. The molecule has 4 aromatic rings. The fourth-order valence-corrected chi connectivity index (χ4v) is 3.29. The summed E-state index contributed by atoms with van der Waals surface area (Å²) in [5.74, 6) is 0.773. The molecule has 0 atom stereocenters. The van der Waals surface area contributed by atoms with Gasteiger partial charge in [0.25, 0.3) is 5.56 Å². The normalized spacial score (nSPS) is 11.2. The first-order valence-electron chi connectivity index (χ1n) is 9.66. The summed E-state index contributed by atoms with van der Waals surface area (Å²) in [5.41, 5.74) is 4.01. The van der Waals surface area contributed by atoms with Crippen LogP contribution in [0.1, 0.15) is 30.9 Å². The molecule has 1 heterocycles. The van der Waals surface area contributed by atoms with Crippen molar-refractivity contribution in [1.82, 2.24) is 9.55 Å². The molecule has 0 bridgehead atoms. The molecule has 2 N–H and O–H groups in total. The Morgan fingerprint density at radius 2 is 1.72 bits per heavy atom. The first kappa shape index (κ1) is 18.9. The second-order valence-electron chi connectivity index (χ2n) is 7.32. The van der Waals surface area contributed by atoms with Crippen LogP contribution in [0.25, 0.3) is 16.6 Å². The number of fused-ring (bicyclic) bond motifs is 1. The number of nitrogens with zero attached hydrogens (tertiary/aromatic N) is 2. The SMILES string of the molecule is CC(C)c1ccc2nc(Nc3ccc(CO)cc3)n(-c3ccccc3)c(=O)c2c1. The minimum absolute atomic E-state index is 0.0125. The fourth-order valence-electron chi connectivity index (χ4n) is 3.29. The topological polar surface area (TPSA) is 67.2 Å². The number of aromatic nitrogens is 2. The van der Waals surface area contributed by atoms with Crippen LogP contribution in [-0.2, 0) is 6.61 Å². The largest absolute Gasteiger partial charge is 0.392 e. The summed E-state index contributed by atoms with van der Waals surface area (Å²) in [4.78, 5) is 18.2. The third-order valence-corrected chi connectivity index (χ3v) is 4.97. The van der Waals surface area contributed by atoms with Gasteiger partial charge in [0, 0.05) is 5.69 Å². The Morgan fingerprint density at radius 1 is 1.00 bits per heavy atom. The molecule has 0 saturated heterocycles. The molecule has 0 radical (unpaired) electrons. The molecule has 0 saturated carbocycles. The molecular formula is C24H23N3O2. The fraction of sp³-hybridized carbons (Fsp3) is 0.167. The average molecular weight is 385 g/mol. The molecule has 5 heteroatoms. The quantitative estimate of drug-likeness (QED) is 0.520. The number of hydrogen-bond donors (Lipinski definition) is 2. The Kier molecular flexibility index (Phi) is 5.14. The smallest absolute Gasteiger partial charge is 0.267 e. The van der Waals surface area contributed by atoms with E-state index in [-0.39, 0.29) is 12.2 Å². The molecule has 0 aliphatic rings. The molecular weight excluding hydrogens is 362 g/mol. The number of benzene rings is 3. The van der Waals surface area contributed by atoms with Crippen molar-refractivity contribution in [3.05, 3.63) is 94.3 Å². The van der Waals surface area contributed by atoms with Gasteiger partial charge in [-0.2, -0.15) is 0 Å². The summed E-state index contributed by atoms with van der Waals surface area (Å²) in [6.45, 7) is 4.20. The van der Waals surface area contributed by atoms with E-state index in [4.69, 9.17) is 4.98 Å². The van der Waals surface area contributed by atoms with Gasteiger partial charge in [0.05, 0.1) is 23.2 Å². The standard InChI is InChI=1S/C24H23N3O2/c1-16(2)18-10-13-22-21(14-18)23(29)27(20-6-4-3-5-7-20)24(26-22)25-19-11-8-17(15-28)9-12-19/h3-14,16,28H,15H2,1-2H3,(H,25,26). The molecule has 146 valence electrons. The van der Waals surface area contributed by atoms with Gasteiger partial charge < -0.3 is 10.4 Å². The van der Waals surface area contributed by atoms with Crippen LogP contribution in [-0.4, -0.2) is 14.7 Å². The Hall–Kier alpha value is -3.44. The lowest BCUT2D eigenvalue weighted by Gasteiger charge is -2.16. The number of aliphatic hydroxyl groups is 1. The molecule has 29 heavy (non-hydrogen) atoms. The summed E-state index contributed by atoms with van der Waals surface area (Å²) < 4.78 is 1.60. The van der Waals surface area contributed by atoms with Crippen molar-refractivity contribution in [3.8, 4) is 5.69 Å². The van der Waals surface area contributed by atoms with E-state index < -0.39 is 0 Å². The zero-order valence-electron chi connectivity index (χ0n) is 16.5. The van der Waals surface area contributed by atoms with Crippen LogP contribution in [0, 0.1) is 0 Å². The van der Waals surface area contributed by atoms with Gasteiger partial charge >= 0.3 is 0 Å². The van der Waals surface area contributed by atoms with Crippen LogP contribution >= 0.6 is 0 Å². The summed E-state index contributed by atoms with van der Waals surface area (Å²) in [7, 11) is 0. The van der Waals surface area contributed by atoms with Gasteiger partial charge in [-0.3, -0.25) is 4.79 Å². The van der Waals surface area contributed by atoms with Gasteiger partial charge in [-0.25, -0.2) is 9.55 Å². The minimum atomic E-state index is -0.113. The Balaban J connectivity index is 1.91. The molecule has 0 unspecified atom stereocenters. The highest BCUT2D eigenvalue weighted by Crippen LogP contribution is 2.23. The lowest BCUT2D eigenvalue weighted by molar-refractivity contribution is 0.282. The van der Waals surface area contributed by atoms with E-state index in [1.54, 1.807) is 4.57 Å². The zero-order chi connectivity index (χ0) is 20.4. The Bertz CT molecular complexity index is 1200. The number of rotatable bonds is 5. The van der Waals surface area contributed by atoms with E-state index in [1.807, 2.05) is 72.8 Å². The van der Waals surface area contributed by atoms with Crippen LogP contribution in [0.15, 0.2) is 77.6 Å². The van der Waals surface area contributed by atoms with Crippen molar-refractivity contribution < 1.29 is 5.11 Å². The number of nitrogens with one attached hydrogen (secondary N) is 1. The molecule has 0 aliphatic heterocycles.